The maximum absolute atomic E-state index is 13.4. The Kier molecular flexibility index (Phi) is 5.12. The highest BCUT2D eigenvalue weighted by Gasteiger charge is 2.39. The number of carbonyl (C=O) groups excluding carboxylic acids is 1. The van der Waals surface area contributed by atoms with Gasteiger partial charge in [-0.3, -0.25) is 0 Å². The highest BCUT2D eigenvalue weighted by atomic mass is 19.4. The van der Waals surface area contributed by atoms with Gasteiger partial charge < -0.3 is 14.2 Å². The standard InChI is InChI=1S/C20H19F3N4O2/c21-20(22,23)18-25-16-7-4-9-24-17(16)27(18)12-15-8-10-26(11-15)19(28)29-13-14-5-2-1-3-6-14/h1-7,9,15H,8,10-13H2/t15-/m0/s1. The number of amides is 1. The summed E-state index contributed by atoms with van der Waals surface area (Å²) in [7, 11) is 0. The number of ether oxygens (including phenoxy) is 1. The molecule has 0 N–H and O–H groups in total. The van der Waals surface area contributed by atoms with Crippen LogP contribution in [0.3, 0.4) is 0 Å². The van der Waals surface area contributed by atoms with Crippen LogP contribution in [-0.4, -0.2) is 38.6 Å². The van der Waals surface area contributed by atoms with Crippen molar-refractivity contribution < 1.29 is 22.7 Å². The van der Waals surface area contributed by atoms with Crippen LogP contribution in [0.5, 0.6) is 0 Å². The third kappa shape index (κ3) is 4.18. The monoisotopic (exact) mass is 404 g/mol. The SMILES string of the molecule is O=C(OCc1ccccc1)N1CC[C@H](Cn2c(C(F)(F)F)nc3cccnc32)C1. The van der Waals surface area contributed by atoms with Crippen LogP contribution in [0, 0.1) is 5.92 Å². The van der Waals surface area contributed by atoms with Gasteiger partial charge in [0.25, 0.3) is 0 Å². The molecule has 1 fully saturated rings. The second-order valence-corrected chi connectivity index (χ2v) is 7.03. The fourth-order valence-corrected chi connectivity index (χ4v) is 3.56. The largest absolute Gasteiger partial charge is 0.449 e. The molecule has 3 heterocycles. The van der Waals surface area contributed by atoms with Gasteiger partial charge in [-0.2, -0.15) is 13.2 Å². The van der Waals surface area contributed by atoms with E-state index in [0.717, 1.165) is 10.1 Å². The zero-order valence-corrected chi connectivity index (χ0v) is 15.5. The molecule has 0 unspecified atom stereocenters. The molecule has 0 aliphatic carbocycles. The summed E-state index contributed by atoms with van der Waals surface area (Å²) in [4.78, 5) is 21.6. The number of aromatic nitrogens is 3. The lowest BCUT2D eigenvalue weighted by atomic mass is 10.1. The summed E-state index contributed by atoms with van der Waals surface area (Å²) in [6, 6.07) is 12.4. The minimum Gasteiger partial charge on any atom is -0.445 e. The number of benzene rings is 1. The molecule has 0 bridgehead atoms. The van der Waals surface area contributed by atoms with E-state index in [9.17, 15) is 18.0 Å². The molecule has 29 heavy (non-hydrogen) atoms. The van der Waals surface area contributed by atoms with E-state index in [1.807, 2.05) is 30.3 Å². The molecule has 9 heteroatoms. The van der Waals surface area contributed by atoms with Gasteiger partial charge in [0.15, 0.2) is 5.65 Å². The Balaban J connectivity index is 1.43. The normalized spacial score (nSPS) is 17.1. The Morgan fingerprint density at radius 2 is 1.97 bits per heavy atom. The van der Waals surface area contributed by atoms with Crippen molar-refractivity contribution in [3.05, 3.63) is 60.0 Å². The fraction of sp³-hybridized carbons (Fsp3) is 0.350. The first kappa shape index (κ1) is 19.2. The number of nitrogens with zero attached hydrogens (tertiary/aromatic N) is 4. The van der Waals surface area contributed by atoms with E-state index >= 15 is 0 Å². The zero-order chi connectivity index (χ0) is 20.4. The number of fused-ring (bicyclic) bond motifs is 1. The van der Waals surface area contributed by atoms with Crippen molar-refractivity contribution in [2.75, 3.05) is 13.1 Å². The maximum Gasteiger partial charge on any atom is 0.449 e. The average Bonchev–Trinajstić information content (AvgIpc) is 3.32. The molecular weight excluding hydrogens is 385 g/mol. The first-order chi connectivity index (χ1) is 13.9. The molecule has 6 nitrogen and oxygen atoms in total. The Hall–Kier alpha value is -3.10. The topological polar surface area (TPSA) is 60.2 Å². The smallest absolute Gasteiger partial charge is 0.445 e. The number of imidazole rings is 1. The first-order valence-corrected chi connectivity index (χ1v) is 9.26. The van der Waals surface area contributed by atoms with E-state index < -0.39 is 18.1 Å². The van der Waals surface area contributed by atoms with Crippen molar-refractivity contribution in [3.8, 4) is 0 Å². The molecule has 0 spiro atoms. The molecule has 1 saturated heterocycles. The van der Waals surface area contributed by atoms with Crippen molar-refractivity contribution in [2.24, 2.45) is 5.92 Å². The number of rotatable bonds is 4. The number of likely N-dealkylation sites (tertiary alicyclic amines) is 1. The quantitative estimate of drug-likeness (QED) is 0.657. The van der Waals surface area contributed by atoms with Gasteiger partial charge in [-0.15, -0.1) is 0 Å². The van der Waals surface area contributed by atoms with Gasteiger partial charge >= 0.3 is 12.3 Å². The highest BCUT2D eigenvalue weighted by Crippen LogP contribution is 2.32. The minimum absolute atomic E-state index is 0.0881. The Morgan fingerprint density at radius 3 is 2.72 bits per heavy atom. The summed E-state index contributed by atoms with van der Waals surface area (Å²) in [6.07, 6.45) is -3.00. The lowest BCUT2D eigenvalue weighted by Gasteiger charge is -2.18. The molecule has 0 saturated carbocycles. The molecule has 1 atom stereocenters. The van der Waals surface area contributed by atoms with E-state index in [2.05, 4.69) is 9.97 Å². The summed E-state index contributed by atoms with van der Waals surface area (Å²) < 4.78 is 46.7. The Labute approximate surface area is 164 Å². The third-order valence-electron chi connectivity index (χ3n) is 4.95. The van der Waals surface area contributed by atoms with Crippen LogP contribution in [-0.2, 0) is 24.1 Å². The molecule has 152 valence electrons. The fourth-order valence-electron chi connectivity index (χ4n) is 3.56. The van der Waals surface area contributed by atoms with Gasteiger partial charge in [0.1, 0.15) is 12.1 Å². The summed E-state index contributed by atoms with van der Waals surface area (Å²) in [5.41, 5.74) is 1.28. The van der Waals surface area contributed by atoms with E-state index in [0.29, 0.717) is 19.5 Å². The molecule has 0 radical (unpaired) electrons. The van der Waals surface area contributed by atoms with Crippen LogP contribution in [0.4, 0.5) is 18.0 Å². The molecule has 1 aliphatic heterocycles. The van der Waals surface area contributed by atoms with Crippen LogP contribution >= 0.6 is 0 Å². The van der Waals surface area contributed by atoms with E-state index in [-0.39, 0.29) is 30.2 Å². The number of carbonyl (C=O) groups is 1. The lowest BCUT2D eigenvalue weighted by molar-refractivity contribution is -0.147. The number of alkyl halides is 3. The highest BCUT2D eigenvalue weighted by molar-refractivity contribution is 5.71. The van der Waals surface area contributed by atoms with Crippen molar-refractivity contribution in [1.82, 2.24) is 19.4 Å². The molecular formula is C20H19F3N4O2. The third-order valence-corrected chi connectivity index (χ3v) is 4.95. The van der Waals surface area contributed by atoms with Crippen LogP contribution in [0.25, 0.3) is 11.2 Å². The van der Waals surface area contributed by atoms with Gasteiger partial charge in [-0.25, -0.2) is 14.8 Å². The van der Waals surface area contributed by atoms with Crippen LogP contribution in [0.1, 0.15) is 17.8 Å². The van der Waals surface area contributed by atoms with Gasteiger partial charge in [0.2, 0.25) is 5.82 Å². The van der Waals surface area contributed by atoms with Crippen LogP contribution in [0.2, 0.25) is 0 Å². The van der Waals surface area contributed by atoms with Gasteiger partial charge in [0, 0.05) is 25.8 Å². The van der Waals surface area contributed by atoms with Crippen molar-refractivity contribution in [2.45, 2.75) is 25.7 Å². The molecule has 1 amide bonds. The number of hydrogen-bond acceptors (Lipinski definition) is 4. The van der Waals surface area contributed by atoms with Gasteiger partial charge in [0.05, 0.1) is 0 Å². The average molecular weight is 404 g/mol. The van der Waals surface area contributed by atoms with E-state index in [1.54, 1.807) is 6.07 Å². The summed E-state index contributed by atoms with van der Waals surface area (Å²) in [6.45, 7) is 1.02. The predicted octanol–water partition coefficient (Wildman–Crippen LogP) is 4.11. The van der Waals surface area contributed by atoms with Crippen molar-refractivity contribution in [3.63, 3.8) is 0 Å². The van der Waals surface area contributed by atoms with Gasteiger partial charge in [-0.05, 0) is 30.0 Å². The van der Waals surface area contributed by atoms with Crippen LogP contribution in [0.15, 0.2) is 48.7 Å². The van der Waals surface area contributed by atoms with Crippen LogP contribution < -0.4 is 0 Å². The Bertz CT molecular complexity index is 1000. The number of hydrogen-bond donors (Lipinski definition) is 0. The predicted molar refractivity (Wildman–Crippen MR) is 98.8 cm³/mol. The minimum atomic E-state index is -4.58. The van der Waals surface area contributed by atoms with Crippen molar-refractivity contribution >= 4 is 17.3 Å². The summed E-state index contributed by atoms with van der Waals surface area (Å²) in [5, 5.41) is 0. The second-order valence-electron chi connectivity index (χ2n) is 7.03. The Morgan fingerprint density at radius 1 is 1.17 bits per heavy atom. The summed E-state index contributed by atoms with van der Waals surface area (Å²) in [5.74, 6) is -1.10. The molecule has 4 rings (SSSR count). The zero-order valence-electron chi connectivity index (χ0n) is 15.5. The molecule has 3 aromatic rings. The van der Waals surface area contributed by atoms with E-state index in [1.165, 1.54) is 17.2 Å². The van der Waals surface area contributed by atoms with Gasteiger partial charge in [-0.1, -0.05) is 30.3 Å². The first-order valence-electron chi connectivity index (χ1n) is 9.26. The maximum atomic E-state index is 13.4. The summed E-state index contributed by atoms with van der Waals surface area (Å²) >= 11 is 0. The lowest BCUT2D eigenvalue weighted by Crippen LogP contribution is -2.30. The van der Waals surface area contributed by atoms with Crippen molar-refractivity contribution in [1.29, 1.82) is 0 Å². The molecule has 1 aliphatic rings. The molecule has 2 aromatic heterocycles. The second kappa shape index (κ2) is 7.73. The van der Waals surface area contributed by atoms with E-state index in [4.69, 9.17) is 4.74 Å². The number of halogens is 3. The number of pyridine rings is 1. The molecule has 1 aromatic carbocycles.